The first kappa shape index (κ1) is 15.7. The molecule has 0 aliphatic carbocycles. The van der Waals surface area contributed by atoms with Gasteiger partial charge in [0.1, 0.15) is 6.04 Å². The van der Waals surface area contributed by atoms with E-state index in [2.05, 4.69) is 0 Å². The van der Waals surface area contributed by atoms with E-state index >= 15 is 0 Å². The number of rotatable bonds is 7. The summed E-state index contributed by atoms with van der Waals surface area (Å²) in [5, 5.41) is 9.10. The fourth-order valence-corrected chi connectivity index (χ4v) is 2.22. The van der Waals surface area contributed by atoms with E-state index in [1.807, 2.05) is 61.0 Å². The van der Waals surface area contributed by atoms with E-state index < -0.39 is 0 Å². The van der Waals surface area contributed by atoms with Crippen molar-refractivity contribution in [3.8, 4) is 0 Å². The number of carbonyl (C=O) groups is 1. The summed E-state index contributed by atoms with van der Waals surface area (Å²) < 4.78 is 0. The molecule has 1 aromatic carbocycles. The predicted molar refractivity (Wildman–Crippen MR) is 76.8 cm³/mol. The molecule has 0 aliphatic rings. The molecule has 0 aromatic heterocycles. The summed E-state index contributed by atoms with van der Waals surface area (Å²) in [4.78, 5) is 16.3. The van der Waals surface area contributed by atoms with Crippen molar-refractivity contribution in [3.05, 3.63) is 35.9 Å². The lowest BCUT2D eigenvalue weighted by molar-refractivity contribution is -0.136. The van der Waals surface area contributed by atoms with E-state index in [4.69, 9.17) is 5.11 Å². The average molecular weight is 264 g/mol. The van der Waals surface area contributed by atoms with Crippen LogP contribution < -0.4 is 0 Å². The van der Waals surface area contributed by atoms with Gasteiger partial charge in [0.25, 0.3) is 0 Å². The highest BCUT2D eigenvalue weighted by Crippen LogP contribution is 2.21. The van der Waals surface area contributed by atoms with Crippen LogP contribution >= 0.6 is 0 Å². The maximum absolute atomic E-state index is 12.6. The molecule has 1 amide bonds. The standard InChI is InChI=1S/C15H24N2O2/c1-4-17(5-2)15(19)14(16(3)11-12-18)13-9-7-6-8-10-13/h6-10,14,18H,4-5,11-12H2,1-3H3. The van der Waals surface area contributed by atoms with Gasteiger partial charge in [-0.25, -0.2) is 0 Å². The molecule has 0 radical (unpaired) electrons. The molecule has 0 heterocycles. The lowest BCUT2D eigenvalue weighted by Gasteiger charge is -2.31. The summed E-state index contributed by atoms with van der Waals surface area (Å²) in [6.07, 6.45) is 0. The van der Waals surface area contributed by atoms with Gasteiger partial charge in [0.15, 0.2) is 0 Å². The van der Waals surface area contributed by atoms with Crippen molar-refractivity contribution in [1.82, 2.24) is 9.80 Å². The maximum Gasteiger partial charge on any atom is 0.244 e. The molecule has 0 aliphatic heterocycles. The second kappa shape index (κ2) is 7.92. The molecule has 0 saturated carbocycles. The molecule has 1 N–H and O–H groups in total. The van der Waals surface area contributed by atoms with Gasteiger partial charge in [0, 0.05) is 19.6 Å². The van der Waals surface area contributed by atoms with Crippen molar-refractivity contribution in [3.63, 3.8) is 0 Å². The quantitative estimate of drug-likeness (QED) is 0.812. The molecule has 1 aromatic rings. The molecule has 0 bridgehead atoms. The van der Waals surface area contributed by atoms with E-state index in [0.717, 1.165) is 5.56 Å². The minimum Gasteiger partial charge on any atom is -0.395 e. The van der Waals surface area contributed by atoms with Crippen molar-refractivity contribution in [2.24, 2.45) is 0 Å². The number of benzene rings is 1. The number of hydrogen-bond donors (Lipinski definition) is 1. The Balaban J connectivity index is 3.02. The molecule has 1 atom stereocenters. The first-order valence-corrected chi connectivity index (χ1v) is 6.80. The molecule has 1 rings (SSSR count). The zero-order chi connectivity index (χ0) is 14.3. The third-order valence-corrected chi connectivity index (χ3v) is 3.32. The Morgan fingerprint density at radius 2 is 1.79 bits per heavy atom. The van der Waals surface area contributed by atoms with Gasteiger partial charge in [0.2, 0.25) is 5.91 Å². The van der Waals surface area contributed by atoms with E-state index in [0.29, 0.717) is 19.6 Å². The summed E-state index contributed by atoms with van der Waals surface area (Å²) in [6.45, 7) is 5.89. The fraction of sp³-hybridized carbons (Fsp3) is 0.533. The summed E-state index contributed by atoms with van der Waals surface area (Å²) in [5.74, 6) is 0.0900. The largest absolute Gasteiger partial charge is 0.395 e. The summed E-state index contributed by atoms with van der Waals surface area (Å²) in [5.41, 5.74) is 0.968. The minimum absolute atomic E-state index is 0.0470. The average Bonchev–Trinajstić information content (AvgIpc) is 2.42. The molecule has 19 heavy (non-hydrogen) atoms. The Kier molecular flexibility index (Phi) is 6.53. The number of likely N-dealkylation sites (N-methyl/N-ethyl adjacent to an activating group) is 2. The van der Waals surface area contributed by atoms with Crippen molar-refractivity contribution in [2.45, 2.75) is 19.9 Å². The summed E-state index contributed by atoms with van der Waals surface area (Å²) >= 11 is 0. The van der Waals surface area contributed by atoms with Crippen molar-refractivity contribution in [1.29, 1.82) is 0 Å². The summed E-state index contributed by atoms with van der Waals surface area (Å²) in [6, 6.07) is 9.40. The SMILES string of the molecule is CCN(CC)C(=O)C(c1ccccc1)N(C)CCO. The first-order chi connectivity index (χ1) is 9.15. The van der Waals surface area contributed by atoms with Crippen molar-refractivity contribution < 1.29 is 9.90 Å². The molecule has 0 spiro atoms. The van der Waals surface area contributed by atoms with Crippen LogP contribution in [0.5, 0.6) is 0 Å². The van der Waals surface area contributed by atoms with Crippen LogP contribution in [0.1, 0.15) is 25.5 Å². The van der Waals surface area contributed by atoms with Crippen LogP contribution in [0.3, 0.4) is 0 Å². The van der Waals surface area contributed by atoms with Crippen molar-refractivity contribution in [2.75, 3.05) is 33.3 Å². The van der Waals surface area contributed by atoms with Gasteiger partial charge in [-0.3, -0.25) is 9.69 Å². The number of aliphatic hydroxyl groups is 1. The van der Waals surface area contributed by atoms with Crippen LogP contribution in [-0.2, 0) is 4.79 Å². The predicted octanol–water partition coefficient (Wildman–Crippen LogP) is 1.52. The van der Waals surface area contributed by atoms with Crippen LogP contribution in [0.15, 0.2) is 30.3 Å². The summed E-state index contributed by atoms with van der Waals surface area (Å²) in [7, 11) is 1.87. The van der Waals surface area contributed by atoms with E-state index in [-0.39, 0.29) is 18.6 Å². The smallest absolute Gasteiger partial charge is 0.244 e. The number of aliphatic hydroxyl groups excluding tert-OH is 1. The number of nitrogens with zero attached hydrogens (tertiary/aromatic N) is 2. The highest BCUT2D eigenvalue weighted by atomic mass is 16.3. The third kappa shape index (κ3) is 4.04. The third-order valence-electron chi connectivity index (χ3n) is 3.32. The number of carbonyl (C=O) groups excluding carboxylic acids is 1. The Hall–Kier alpha value is -1.39. The molecular weight excluding hydrogens is 240 g/mol. The second-order valence-electron chi connectivity index (χ2n) is 4.53. The van der Waals surface area contributed by atoms with Crippen LogP contribution in [0, 0.1) is 0 Å². The zero-order valence-electron chi connectivity index (χ0n) is 12.0. The highest BCUT2D eigenvalue weighted by molar-refractivity contribution is 5.83. The molecule has 106 valence electrons. The fourth-order valence-electron chi connectivity index (χ4n) is 2.22. The van der Waals surface area contributed by atoms with E-state index in [1.165, 1.54) is 0 Å². The molecule has 4 nitrogen and oxygen atoms in total. The van der Waals surface area contributed by atoms with Crippen LogP contribution in [0.25, 0.3) is 0 Å². The van der Waals surface area contributed by atoms with Crippen LogP contribution in [0.2, 0.25) is 0 Å². The van der Waals surface area contributed by atoms with Crippen molar-refractivity contribution >= 4 is 5.91 Å². The lowest BCUT2D eigenvalue weighted by atomic mass is 10.0. The van der Waals surface area contributed by atoms with Crippen LogP contribution in [0.4, 0.5) is 0 Å². The molecule has 4 heteroatoms. The maximum atomic E-state index is 12.6. The van der Waals surface area contributed by atoms with Gasteiger partial charge in [-0.15, -0.1) is 0 Å². The Bertz CT molecular complexity index is 377. The van der Waals surface area contributed by atoms with E-state index in [1.54, 1.807) is 0 Å². The van der Waals surface area contributed by atoms with Gasteiger partial charge in [-0.2, -0.15) is 0 Å². The molecule has 0 fully saturated rings. The zero-order valence-corrected chi connectivity index (χ0v) is 12.0. The van der Waals surface area contributed by atoms with Crippen LogP contribution in [-0.4, -0.2) is 54.1 Å². The van der Waals surface area contributed by atoms with Gasteiger partial charge in [-0.1, -0.05) is 30.3 Å². The Labute approximate surface area is 115 Å². The monoisotopic (exact) mass is 264 g/mol. The minimum atomic E-state index is -0.326. The molecule has 1 unspecified atom stereocenters. The van der Waals surface area contributed by atoms with E-state index in [9.17, 15) is 4.79 Å². The Morgan fingerprint density at radius 1 is 1.21 bits per heavy atom. The number of amides is 1. The van der Waals surface area contributed by atoms with Gasteiger partial charge in [0.05, 0.1) is 6.61 Å². The first-order valence-electron chi connectivity index (χ1n) is 6.80. The molecular formula is C15H24N2O2. The van der Waals surface area contributed by atoms with Gasteiger partial charge >= 0.3 is 0 Å². The lowest BCUT2D eigenvalue weighted by Crippen LogP contribution is -2.42. The normalized spacial score (nSPS) is 12.5. The Morgan fingerprint density at radius 3 is 2.26 bits per heavy atom. The van der Waals surface area contributed by atoms with Gasteiger partial charge < -0.3 is 10.0 Å². The van der Waals surface area contributed by atoms with Gasteiger partial charge in [-0.05, 0) is 26.5 Å². The molecule has 0 saturated heterocycles. The second-order valence-corrected chi connectivity index (χ2v) is 4.53. The highest BCUT2D eigenvalue weighted by Gasteiger charge is 2.27. The number of hydrogen-bond acceptors (Lipinski definition) is 3. The topological polar surface area (TPSA) is 43.8 Å².